The molecule has 0 amide bonds. The van der Waals surface area contributed by atoms with Crippen molar-refractivity contribution in [2.24, 2.45) is 5.41 Å². The highest BCUT2D eigenvalue weighted by atomic mass is 16.5. The molecular formula is C15H18O3. The molecule has 96 valence electrons. The number of esters is 1. The average Bonchev–Trinajstić information content (AvgIpc) is 2.35. The van der Waals surface area contributed by atoms with Crippen molar-refractivity contribution in [3.8, 4) is 0 Å². The Morgan fingerprint density at radius 1 is 1.39 bits per heavy atom. The van der Waals surface area contributed by atoms with E-state index in [4.69, 9.17) is 4.74 Å². The first-order chi connectivity index (χ1) is 8.57. The van der Waals surface area contributed by atoms with Crippen LogP contribution in [-0.4, -0.2) is 18.4 Å². The van der Waals surface area contributed by atoms with E-state index in [2.05, 4.69) is 0 Å². The maximum absolute atomic E-state index is 12.5. The predicted octanol–water partition coefficient (Wildman–Crippen LogP) is 2.78. The highest BCUT2D eigenvalue weighted by Crippen LogP contribution is 2.38. The van der Waals surface area contributed by atoms with Gasteiger partial charge in [0.25, 0.3) is 0 Å². The van der Waals surface area contributed by atoms with E-state index in [1.807, 2.05) is 31.2 Å². The first-order valence-corrected chi connectivity index (χ1v) is 6.35. The monoisotopic (exact) mass is 246 g/mol. The molecule has 3 heteroatoms. The van der Waals surface area contributed by atoms with Crippen LogP contribution in [0.15, 0.2) is 24.3 Å². The maximum atomic E-state index is 12.5. The summed E-state index contributed by atoms with van der Waals surface area (Å²) in [5, 5.41) is 0. The smallest absolute Gasteiger partial charge is 0.306 e. The van der Waals surface area contributed by atoms with E-state index in [0.717, 1.165) is 17.5 Å². The molecule has 1 aromatic rings. The van der Waals surface area contributed by atoms with E-state index in [0.29, 0.717) is 13.0 Å². The largest absolute Gasteiger partial charge is 0.466 e. The van der Waals surface area contributed by atoms with Crippen molar-refractivity contribution in [2.75, 3.05) is 6.61 Å². The number of Topliss-reactive ketones (excluding diaryl/α,β-unsaturated/α-hetero) is 1. The van der Waals surface area contributed by atoms with Crippen molar-refractivity contribution in [3.05, 3.63) is 35.4 Å². The summed E-state index contributed by atoms with van der Waals surface area (Å²) in [6.07, 6.45) is 1.73. The van der Waals surface area contributed by atoms with Gasteiger partial charge in [0.1, 0.15) is 0 Å². The molecular weight excluding hydrogens is 228 g/mol. The molecule has 0 unspecified atom stereocenters. The van der Waals surface area contributed by atoms with Gasteiger partial charge in [-0.2, -0.15) is 0 Å². The third-order valence-corrected chi connectivity index (χ3v) is 3.60. The van der Waals surface area contributed by atoms with E-state index in [1.165, 1.54) is 0 Å². The van der Waals surface area contributed by atoms with Crippen molar-refractivity contribution in [2.45, 2.75) is 33.1 Å². The molecule has 1 aliphatic rings. The number of ether oxygens (including phenoxy) is 1. The third-order valence-electron chi connectivity index (χ3n) is 3.60. The van der Waals surface area contributed by atoms with Crippen LogP contribution in [-0.2, 0) is 16.0 Å². The van der Waals surface area contributed by atoms with Gasteiger partial charge in [-0.1, -0.05) is 31.2 Å². The molecule has 0 spiro atoms. The zero-order chi connectivity index (χ0) is 13.2. The maximum Gasteiger partial charge on any atom is 0.306 e. The number of hydrogen-bond acceptors (Lipinski definition) is 3. The molecule has 1 aromatic carbocycles. The molecule has 0 heterocycles. The van der Waals surface area contributed by atoms with Crippen LogP contribution in [0.2, 0.25) is 0 Å². The van der Waals surface area contributed by atoms with E-state index < -0.39 is 5.41 Å². The molecule has 0 saturated carbocycles. The van der Waals surface area contributed by atoms with Crippen LogP contribution >= 0.6 is 0 Å². The molecule has 2 rings (SSSR count). The third kappa shape index (κ3) is 2.30. The number of aryl methyl sites for hydroxylation is 1. The molecule has 0 bridgehead atoms. The molecule has 0 saturated heterocycles. The summed E-state index contributed by atoms with van der Waals surface area (Å²) in [5.74, 6) is -0.217. The number of benzene rings is 1. The Morgan fingerprint density at radius 3 is 2.83 bits per heavy atom. The summed E-state index contributed by atoms with van der Waals surface area (Å²) in [6.45, 7) is 4.00. The lowest BCUT2D eigenvalue weighted by Gasteiger charge is -2.32. The lowest BCUT2D eigenvalue weighted by molar-refractivity contribution is -0.145. The van der Waals surface area contributed by atoms with Crippen LogP contribution in [0, 0.1) is 5.41 Å². The normalized spacial score (nSPS) is 22.4. The van der Waals surface area contributed by atoms with Crippen molar-refractivity contribution in [1.29, 1.82) is 0 Å². The van der Waals surface area contributed by atoms with E-state index in [-0.39, 0.29) is 18.2 Å². The van der Waals surface area contributed by atoms with Gasteiger partial charge in [-0.05, 0) is 25.3 Å². The summed E-state index contributed by atoms with van der Waals surface area (Å²) in [7, 11) is 0. The van der Waals surface area contributed by atoms with Gasteiger partial charge < -0.3 is 4.74 Å². The molecule has 18 heavy (non-hydrogen) atoms. The Morgan fingerprint density at radius 2 is 2.11 bits per heavy atom. The number of fused-ring (bicyclic) bond motifs is 1. The van der Waals surface area contributed by atoms with Crippen LogP contribution in [0.1, 0.15) is 42.6 Å². The predicted molar refractivity (Wildman–Crippen MR) is 68.5 cm³/mol. The lowest BCUT2D eigenvalue weighted by atomic mass is 9.70. The molecule has 0 fully saturated rings. The second-order valence-corrected chi connectivity index (χ2v) is 5.03. The van der Waals surface area contributed by atoms with Crippen LogP contribution < -0.4 is 0 Å². The summed E-state index contributed by atoms with van der Waals surface area (Å²) in [4.78, 5) is 24.1. The Labute approximate surface area is 107 Å². The van der Waals surface area contributed by atoms with Gasteiger partial charge in [-0.25, -0.2) is 0 Å². The fraction of sp³-hybridized carbons (Fsp3) is 0.467. The number of carbonyl (C=O) groups excluding carboxylic acids is 2. The van der Waals surface area contributed by atoms with Crippen LogP contribution in [0.5, 0.6) is 0 Å². The van der Waals surface area contributed by atoms with E-state index in [1.54, 1.807) is 6.92 Å². The standard InChI is InChI=1S/C15H18O3/c1-3-18-13(16)10-15(2)9-8-11-6-4-5-7-12(11)14(15)17/h4-7H,3,8-10H2,1-2H3/t15-/m0/s1. The van der Waals surface area contributed by atoms with Gasteiger partial charge in [-0.15, -0.1) is 0 Å². The Kier molecular flexibility index (Phi) is 3.50. The molecule has 1 aliphatic carbocycles. The second-order valence-electron chi connectivity index (χ2n) is 5.03. The zero-order valence-corrected chi connectivity index (χ0v) is 10.9. The molecule has 0 N–H and O–H groups in total. The number of hydrogen-bond donors (Lipinski definition) is 0. The van der Waals surface area contributed by atoms with Gasteiger partial charge in [0.2, 0.25) is 0 Å². The minimum absolute atomic E-state index is 0.0670. The van der Waals surface area contributed by atoms with Crippen LogP contribution in [0.4, 0.5) is 0 Å². The van der Waals surface area contributed by atoms with Gasteiger partial charge in [0.05, 0.1) is 13.0 Å². The fourth-order valence-corrected chi connectivity index (χ4v) is 2.51. The zero-order valence-electron chi connectivity index (χ0n) is 10.9. The number of rotatable bonds is 3. The fourth-order valence-electron chi connectivity index (χ4n) is 2.51. The van der Waals surface area contributed by atoms with Crippen molar-refractivity contribution in [3.63, 3.8) is 0 Å². The minimum atomic E-state index is -0.611. The van der Waals surface area contributed by atoms with Gasteiger partial charge in [0.15, 0.2) is 5.78 Å². The number of ketones is 1. The summed E-state index contributed by atoms with van der Waals surface area (Å²) in [6, 6.07) is 7.64. The highest BCUT2D eigenvalue weighted by molar-refractivity contribution is 6.04. The quantitative estimate of drug-likeness (QED) is 0.770. The van der Waals surface area contributed by atoms with E-state index in [9.17, 15) is 9.59 Å². The summed E-state index contributed by atoms with van der Waals surface area (Å²) in [5.41, 5.74) is 1.24. The summed E-state index contributed by atoms with van der Waals surface area (Å²) < 4.78 is 4.95. The topological polar surface area (TPSA) is 43.4 Å². The molecule has 1 atom stereocenters. The van der Waals surface area contributed by atoms with Gasteiger partial charge >= 0.3 is 5.97 Å². The Bertz CT molecular complexity index is 478. The Balaban J connectivity index is 2.22. The lowest BCUT2D eigenvalue weighted by Crippen LogP contribution is -2.35. The van der Waals surface area contributed by atoms with Crippen LogP contribution in [0.25, 0.3) is 0 Å². The number of carbonyl (C=O) groups is 2. The van der Waals surface area contributed by atoms with Crippen molar-refractivity contribution >= 4 is 11.8 Å². The van der Waals surface area contributed by atoms with Crippen molar-refractivity contribution < 1.29 is 14.3 Å². The SMILES string of the molecule is CCOC(=O)C[C@]1(C)CCc2ccccc2C1=O. The van der Waals surface area contributed by atoms with E-state index >= 15 is 0 Å². The molecule has 0 aromatic heterocycles. The second kappa shape index (κ2) is 4.92. The van der Waals surface area contributed by atoms with Gasteiger partial charge in [-0.3, -0.25) is 9.59 Å². The molecule has 0 radical (unpaired) electrons. The first kappa shape index (κ1) is 12.8. The van der Waals surface area contributed by atoms with Gasteiger partial charge in [0, 0.05) is 11.0 Å². The first-order valence-electron chi connectivity index (χ1n) is 6.35. The van der Waals surface area contributed by atoms with Crippen LogP contribution in [0.3, 0.4) is 0 Å². The summed E-state index contributed by atoms with van der Waals surface area (Å²) >= 11 is 0. The highest BCUT2D eigenvalue weighted by Gasteiger charge is 2.40. The van der Waals surface area contributed by atoms with Crippen molar-refractivity contribution in [1.82, 2.24) is 0 Å². The molecule has 3 nitrogen and oxygen atoms in total. The average molecular weight is 246 g/mol. The minimum Gasteiger partial charge on any atom is -0.466 e. The molecule has 0 aliphatic heterocycles. The Hall–Kier alpha value is -1.64.